The molecule has 0 aliphatic heterocycles. The lowest BCUT2D eigenvalue weighted by atomic mass is 10.0. The number of aromatic nitrogens is 5. The fraction of sp³-hybridized carbons (Fsp3) is 0. The van der Waals surface area contributed by atoms with E-state index in [-0.39, 0.29) is 0 Å². The first-order valence-electron chi connectivity index (χ1n) is 23.5. The number of nitrogens with zero attached hydrogens (tertiary/aromatic N) is 5. The molecule has 0 fully saturated rings. The molecule has 15 rings (SSSR count). The molecule has 10 aromatic carbocycles. The van der Waals surface area contributed by atoms with E-state index < -0.39 is 0 Å². The Labute approximate surface area is 399 Å². The molecule has 0 amide bonds. The summed E-state index contributed by atoms with van der Waals surface area (Å²) in [5.74, 6) is 1.84. The first-order valence-corrected chi connectivity index (χ1v) is 23.5. The highest BCUT2D eigenvalue weighted by molar-refractivity contribution is 6.20. The maximum atomic E-state index is 6.55. The highest BCUT2D eigenvalue weighted by Gasteiger charge is 2.21. The molecule has 0 aliphatic carbocycles. The number of furan rings is 2. The van der Waals surface area contributed by atoms with Gasteiger partial charge in [0, 0.05) is 83.3 Å². The van der Waals surface area contributed by atoms with Crippen molar-refractivity contribution in [1.29, 1.82) is 0 Å². The van der Waals surface area contributed by atoms with Crippen LogP contribution in [0.5, 0.6) is 0 Å². The molecule has 0 bridgehead atoms. The van der Waals surface area contributed by atoms with Gasteiger partial charge >= 0.3 is 0 Å². The van der Waals surface area contributed by atoms with Crippen LogP contribution in [0.15, 0.2) is 233 Å². The van der Waals surface area contributed by atoms with Crippen molar-refractivity contribution in [2.24, 2.45) is 0 Å². The lowest BCUT2D eigenvalue weighted by Gasteiger charge is -2.12. The molecular weight excluding hydrogens is 859 g/mol. The highest BCUT2D eigenvalue weighted by atomic mass is 16.3. The lowest BCUT2D eigenvalue weighted by molar-refractivity contribution is 0.669. The molecule has 0 N–H and O–H groups in total. The molecule has 5 heterocycles. The number of fused-ring (bicyclic) bond motifs is 12. The summed E-state index contributed by atoms with van der Waals surface area (Å²) in [4.78, 5) is 15.2. The van der Waals surface area contributed by atoms with Crippen LogP contribution in [-0.2, 0) is 0 Å². The zero-order valence-electron chi connectivity index (χ0n) is 37.4. The molecule has 7 heteroatoms. The Balaban J connectivity index is 0.954. The van der Waals surface area contributed by atoms with E-state index in [4.69, 9.17) is 23.8 Å². The van der Waals surface area contributed by atoms with E-state index in [1.807, 2.05) is 84.9 Å². The summed E-state index contributed by atoms with van der Waals surface area (Å²) in [5.41, 5.74) is 14.9. The molecule has 7 nitrogen and oxygen atoms in total. The molecule has 0 aliphatic rings. The first-order chi connectivity index (χ1) is 34.7. The summed E-state index contributed by atoms with van der Waals surface area (Å²) in [7, 11) is 0. The van der Waals surface area contributed by atoms with Gasteiger partial charge < -0.3 is 18.0 Å². The average Bonchev–Trinajstić information content (AvgIpc) is 4.17. The van der Waals surface area contributed by atoms with Crippen molar-refractivity contribution in [3.63, 3.8) is 0 Å². The van der Waals surface area contributed by atoms with Gasteiger partial charge in [0.05, 0.1) is 22.1 Å². The molecule has 0 radical (unpaired) electrons. The highest BCUT2D eigenvalue weighted by Crippen LogP contribution is 2.43. The van der Waals surface area contributed by atoms with Crippen molar-refractivity contribution < 1.29 is 8.83 Å². The van der Waals surface area contributed by atoms with Crippen LogP contribution in [0, 0.1) is 0 Å². The zero-order chi connectivity index (χ0) is 45.9. The Morgan fingerprint density at radius 2 is 0.700 bits per heavy atom. The SMILES string of the molecule is c1ccc(-c2nc(-c3ccccc3)nc(-c3cccc(-n4c5cc(-c6ccc7c(c6)c6cc8c(cc6n7-c6ccccc6)oc6ccccc68)ccc5c5cc6c(cc54)oc4ccccc46)c3)n2)cc1. The van der Waals surface area contributed by atoms with Crippen LogP contribution in [0.25, 0.3) is 144 Å². The third-order valence-corrected chi connectivity index (χ3v) is 13.9. The van der Waals surface area contributed by atoms with Crippen molar-refractivity contribution in [1.82, 2.24) is 24.1 Å². The summed E-state index contributed by atoms with van der Waals surface area (Å²) in [6.45, 7) is 0. The monoisotopic (exact) mass is 895 g/mol. The third kappa shape index (κ3) is 5.91. The summed E-state index contributed by atoms with van der Waals surface area (Å²) in [6.07, 6.45) is 0. The molecule has 15 aromatic rings. The first kappa shape index (κ1) is 38.5. The second-order valence-corrected chi connectivity index (χ2v) is 18.0. The number of para-hydroxylation sites is 3. The van der Waals surface area contributed by atoms with E-state index in [0.717, 1.165) is 116 Å². The van der Waals surface area contributed by atoms with Crippen LogP contribution in [-0.4, -0.2) is 24.1 Å². The van der Waals surface area contributed by atoms with Gasteiger partial charge in [-0.25, -0.2) is 15.0 Å². The molecule has 70 heavy (non-hydrogen) atoms. The summed E-state index contributed by atoms with van der Waals surface area (Å²) in [6, 6.07) is 78.7. The van der Waals surface area contributed by atoms with E-state index in [0.29, 0.717) is 17.5 Å². The van der Waals surface area contributed by atoms with Gasteiger partial charge in [-0.3, -0.25) is 0 Å². The van der Waals surface area contributed by atoms with Gasteiger partial charge in [-0.15, -0.1) is 0 Å². The molecule has 0 atom stereocenters. The van der Waals surface area contributed by atoms with Crippen molar-refractivity contribution in [2.45, 2.75) is 0 Å². The maximum absolute atomic E-state index is 6.55. The van der Waals surface area contributed by atoms with Crippen LogP contribution < -0.4 is 0 Å². The van der Waals surface area contributed by atoms with Gasteiger partial charge in [0.15, 0.2) is 17.5 Å². The predicted octanol–water partition coefficient (Wildman–Crippen LogP) is 16.5. The smallest absolute Gasteiger partial charge is 0.164 e. The van der Waals surface area contributed by atoms with E-state index >= 15 is 0 Å². The second kappa shape index (κ2) is 15.0. The van der Waals surface area contributed by atoms with E-state index in [1.54, 1.807) is 0 Å². The normalized spacial score (nSPS) is 12.0. The molecule has 5 aromatic heterocycles. The maximum Gasteiger partial charge on any atom is 0.164 e. The fourth-order valence-electron chi connectivity index (χ4n) is 10.7. The Morgan fingerprint density at radius 1 is 0.243 bits per heavy atom. The standard InChI is InChI=1S/C63H37N5O2/c1-4-15-38(16-5-1)61-64-62(39-17-6-2-7-18-39)66-63(65-61)42-19-14-22-44(31-42)68-54-33-41(27-29-45(54)49-34-51-46-23-10-12-25-57(46)69-59(51)36-55(49)68)40-28-30-53-48(32-40)50-35-52-47-24-11-13-26-58(47)70-60(52)37-56(50)67(53)43-20-8-3-9-21-43/h1-37H. The van der Waals surface area contributed by atoms with E-state index in [2.05, 4.69) is 149 Å². The summed E-state index contributed by atoms with van der Waals surface area (Å²) >= 11 is 0. The number of benzene rings is 10. The van der Waals surface area contributed by atoms with Gasteiger partial charge in [0.2, 0.25) is 0 Å². The minimum Gasteiger partial charge on any atom is -0.456 e. The molecule has 0 unspecified atom stereocenters. The van der Waals surface area contributed by atoms with Crippen molar-refractivity contribution >= 4 is 87.5 Å². The molecule has 0 saturated carbocycles. The van der Waals surface area contributed by atoms with Gasteiger partial charge in [-0.05, 0) is 77.9 Å². The van der Waals surface area contributed by atoms with Crippen molar-refractivity contribution in [2.75, 3.05) is 0 Å². The van der Waals surface area contributed by atoms with Gasteiger partial charge in [-0.1, -0.05) is 146 Å². The number of hydrogen-bond donors (Lipinski definition) is 0. The van der Waals surface area contributed by atoms with E-state index in [1.165, 1.54) is 10.8 Å². The largest absolute Gasteiger partial charge is 0.456 e. The number of hydrogen-bond acceptors (Lipinski definition) is 5. The summed E-state index contributed by atoms with van der Waals surface area (Å²) < 4.78 is 17.7. The van der Waals surface area contributed by atoms with Crippen LogP contribution >= 0.6 is 0 Å². The van der Waals surface area contributed by atoms with Crippen LogP contribution in [0.4, 0.5) is 0 Å². The lowest BCUT2D eigenvalue weighted by Crippen LogP contribution is -2.01. The predicted molar refractivity (Wildman–Crippen MR) is 285 cm³/mol. The second-order valence-electron chi connectivity index (χ2n) is 18.0. The van der Waals surface area contributed by atoms with Gasteiger partial charge in [-0.2, -0.15) is 0 Å². The fourth-order valence-corrected chi connectivity index (χ4v) is 10.7. The summed E-state index contributed by atoms with van der Waals surface area (Å²) in [5, 5.41) is 9.04. The van der Waals surface area contributed by atoms with Crippen LogP contribution in [0.1, 0.15) is 0 Å². The quantitative estimate of drug-likeness (QED) is 0.166. The van der Waals surface area contributed by atoms with Crippen LogP contribution in [0.2, 0.25) is 0 Å². The zero-order valence-corrected chi connectivity index (χ0v) is 37.4. The minimum absolute atomic E-state index is 0.597. The molecular formula is C63H37N5O2. The number of rotatable bonds is 6. The van der Waals surface area contributed by atoms with Crippen molar-refractivity contribution in [3.05, 3.63) is 224 Å². The molecule has 0 saturated heterocycles. The Bertz CT molecular complexity index is 4530. The Morgan fingerprint density at radius 3 is 1.33 bits per heavy atom. The minimum atomic E-state index is 0.597. The van der Waals surface area contributed by atoms with Crippen molar-refractivity contribution in [3.8, 4) is 56.7 Å². The third-order valence-electron chi connectivity index (χ3n) is 13.9. The average molecular weight is 896 g/mol. The topological polar surface area (TPSA) is 74.8 Å². The van der Waals surface area contributed by atoms with Gasteiger partial charge in [0.25, 0.3) is 0 Å². The molecule has 0 spiro atoms. The molecule has 326 valence electrons. The van der Waals surface area contributed by atoms with Crippen LogP contribution in [0.3, 0.4) is 0 Å². The Hall–Kier alpha value is -9.59. The Kier molecular flexibility index (Phi) is 8.23. The van der Waals surface area contributed by atoms with E-state index in [9.17, 15) is 0 Å². The van der Waals surface area contributed by atoms with Gasteiger partial charge in [0.1, 0.15) is 22.3 Å².